The molecule has 1 rings (SSSR count). The molecule has 1 aromatic carbocycles. The summed E-state index contributed by atoms with van der Waals surface area (Å²) in [6, 6.07) is 7.08. The maximum Gasteiger partial charge on any atom is 0.311 e. The lowest BCUT2D eigenvalue weighted by Gasteiger charge is -2.03. The van der Waals surface area contributed by atoms with Crippen molar-refractivity contribution in [1.29, 1.82) is 0 Å². The SMILES string of the molecule is CCOC(=O)CC(C)=Nc1ccc(NC(C)=O)cc1. The number of hydrogen-bond acceptors (Lipinski definition) is 4. The van der Waals surface area contributed by atoms with E-state index in [2.05, 4.69) is 10.3 Å². The van der Waals surface area contributed by atoms with Crippen LogP contribution in [0.15, 0.2) is 29.3 Å². The van der Waals surface area contributed by atoms with E-state index in [-0.39, 0.29) is 18.3 Å². The molecule has 1 aromatic rings. The van der Waals surface area contributed by atoms with Crippen LogP contribution < -0.4 is 5.32 Å². The van der Waals surface area contributed by atoms with Gasteiger partial charge in [0.25, 0.3) is 0 Å². The predicted molar refractivity (Wildman–Crippen MR) is 74.8 cm³/mol. The number of aliphatic imine (C=N–C) groups is 1. The van der Waals surface area contributed by atoms with E-state index in [4.69, 9.17) is 4.74 Å². The third kappa shape index (κ3) is 5.81. The van der Waals surface area contributed by atoms with Gasteiger partial charge in [-0.1, -0.05) is 0 Å². The molecule has 0 saturated heterocycles. The molecule has 0 aliphatic carbocycles. The molecule has 0 saturated carbocycles. The maximum atomic E-state index is 11.3. The number of amides is 1. The third-order valence-electron chi connectivity index (χ3n) is 2.21. The fourth-order valence-electron chi connectivity index (χ4n) is 1.50. The monoisotopic (exact) mass is 262 g/mol. The van der Waals surface area contributed by atoms with Crippen LogP contribution in [0.3, 0.4) is 0 Å². The number of rotatable bonds is 5. The number of hydrogen-bond donors (Lipinski definition) is 1. The zero-order chi connectivity index (χ0) is 14.3. The van der Waals surface area contributed by atoms with Crippen LogP contribution in [0.5, 0.6) is 0 Å². The highest BCUT2D eigenvalue weighted by Crippen LogP contribution is 2.17. The molecule has 0 heterocycles. The smallest absolute Gasteiger partial charge is 0.311 e. The average molecular weight is 262 g/mol. The van der Waals surface area contributed by atoms with Gasteiger partial charge in [0.2, 0.25) is 5.91 Å². The second-order valence-corrected chi connectivity index (χ2v) is 4.06. The lowest BCUT2D eigenvalue weighted by atomic mass is 10.2. The molecule has 19 heavy (non-hydrogen) atoms. The number of carbonyl (C=O) groups is 2. The Balaban J connectivity index is 2.65. The summed E-state index contributed by atoms with van der Waals surface area (Å²) in [4.78, 5) is 26.4. The zero-order valence-corrected chi connectivity index (χ0v) is 11.4. The summed E-state index contributed by atoms with van der Waals surface area (Å²) >= 11 is 0. The number of carbonyl (C=O) groups excluding carboxylic acids is 2. The van der Waals surface area contributed by atoms with E-state index >= 15 is 0 Å². The largest absolute Gasteiger partial charge is 0.466 e. The zero-order valence-electron chi connectivity index (χ0n) is 11.4. The number of nitrogens with one attached hydrogen (secondary N) is 1. The van der Waals surface area contributed by atoms with Gasteiger partial charge in [0.05, 0.1) is 18.7 Å². The summed E-state index contributed by atoms with van der Waals surface area (Å²) in [5.74, 6) is -0.395. The van der Waals surface area contributed by atoms with Crippen LogP contribution in [0, 0.1) is 0 Å². The van der Waals surface area contributed by atoms with Gasteiger partial charge in [-0.05, 0) is 38.1 Å². The molecular weight excluding hydrogens is 244 g/mol. The van der Waals surface area contributed by atoms with Gasteiger partial charge < -0.3 is 10.1 Å². The highest BCUT2D eigenvalue weighted by Gasteiger charge is 2.04. The average Bonchev–Trinajstić information content (AvgIpc) is 2.31. The van der Waals surface area contributed by atoms with Crippen molar-refractivity contribution in [3.8, 4) is 0 Å². The standard InChI is InChI=1S/C14H18N2O3/c1-4-19-14(18)9-10(2)15-12-5-7-13(8-6-12)16-11(3)17/h5-8H,4,9H2,1-3H3,(H,16,17). The molecule has 0 aliphatic heterocycles. The van der Waals surface area contributed by atoms with Crippen LogP contribution in [0.4, 0.5) is 11.4 Å². The fraction of sp³-hybridized carbons (Fsp3) is 0.357. The first-order valence-corrected chi connectivity index (χ1v) is 6.08. The Bertz CT molecular complexity index is 478. The van der Waals surface area contributed by atoms with Crippen LogP contribution in [-0.4, -0.2) is 24.2 Å². The van der Waals surface area contributed by atoms with Crippen molar-refractivity contribution in [2.24, 2.45) is 4.99 Å². The molecule has 0 bridgehead atoms. The topological polar surface area (TPSA) is 67.8 Å². The molecule has 0 aliphatic rings. The van der Waals surface area contributed by atoms with Crippen LogP contribution >= 0.6 is 0 Å². The number of nitrogens with zero attached hydrogens (tertiary/aromatic N) is 1. The normalized spacial score (nSPS) is 11.0. The summed E-state index contributed by atoms with van der Waals surface area (Å²) in [5, 5.41) is 2.67. The predicted octanol–water partition coefficient (Wildman–Crippen LogP) is 2.69. The third-order valence-corrected chi connectivity index (χ3v) is 2.21. The van der Waals surface area contributed by atoms with Gasteiger partial charge in [0.1, 0.15) is 0 Å². The first kappa shape index (κ1) is 14.9. The molecule has 1 amide bonds. The minimum Gasteiger partial charge on any atom is -0.466 e. The van der Waals surface area contributed by atoms with E-state index in [9.17, 15) is 9.59 Å². The number of anilines is 1. The first-order chi connectivity index (χ1) is 9.01. The minimum atomic E-state index is -0.279. The van der Waals surface area contributed by atoms with E-state index in [0.717, 1.165) is 11.4 Å². The van der Waals surface area contributed by atoms with Gasteiger partial charge in [0.15, 0.2) is 0 Å². The molecule has 5 nitrogen and oxygen atoms in total. The van der Waals surface area contributed by atoms with Gasteiger partial charge >= 0.3 is 5.97 Å². The molecule has 5 heteroatoms. The first-order valence-electron chi connectivity index (χ1n) is 6.08. The molecule has 0 unspecified atom stereocenters. The Morgan fingerprint density at radius 2 is 1.84 bits per heavy atom. The molecule has 0 aromatic heterocycles. The van der Waals surface area contributed by atoms with Gasteiger partial charge in [-0.2, -0.15) is 0 Å². The van der Waals surface area contributed by atoms with Crippen LogP contribution in [0.25, 0.3) is 0 Å². The van der Waals surface area contributed by atoms with Crippen molar-refractivity contribution in [2.75, 3.05) is 11.9 Å². The van der Waals surface area contributed by atoms with Crippen LogP contribution in [-0.2, 0) is 14.3 Å². The van der Waals surface area contributed by atoms with Crippen molar-refractivity contribution < 1.29 is 14.3 Å². The second kappa shape index (κ2) is 7.31. The maximum absolute atomic E-state index is 11.3. The molecular formula is C14H18N2O3. The van der Waals surface area contributed by atoms with Crippen molar-refractivity contribution in [3.05, 3.63) is 24.3 Å². The van der Waals surface area contributed by atoms with Gasteiger partial charge in [-0.25, -0.2) is 0 Å². The highest BCUT2D eigenvalue weighted by atomic mass is 16.5. The molecule has 0 atom stereocenters. The van der Waals surface area contributed by atoms with E-state index in [1.807, 2.05) is 0 Å². The van der Waals surface area contributed by atoms with Crippen molar-refractivity contribution in [2.45, 2.75) is 27.2 Å². The quantitative estimate of drug-likeness (QED) is 0.655. The molecule has 0 radical (unpaired) electrons. The molecule has 0 fully saturated rings. The molecule has 0 spiro atoms. The summed E-state index contributed by atoms with van der Waals surface area (Å²) in [6.07, 6.45) is 0.182. The van der Waals surface area contributed by atoms with E-state index < -0.39 is 0 Å². The molecule has 1 N–H and O–H groups in total. The van der Waals surface area contributed by atoms with E-state index in [1.54, 1.807) is 38.1 Å². The lowest BCUT2D eigenvalue weighted by molar-refractivity contribution is -0.141. The van der Waals surface area contributed by atoms with Crippen LogP contribution in [0.2, 0.25) is 0 Å². The minimum absolute atomic E-state index is 0.116. The summed E-state index contributed by atoms with van der Waals surface area (Å²) < 4.78 is 4.85. The van der Waals surface area contributed by atoms with Crippen LogP contribution in [0.1, 0.15) is 27.2 Å². The van der Waals surface area contributed by atoms with Gasteiger partial charge in [0, 0.05) is 18.3 Å². The van der Waals surface area contributed by atoms with E-state index in [1.165, 1.54) is 6.92 Å². The Kier molecular flexibility index (Phi) is 5.73. The Morgan fingerprint density at radius 3 is 2.37 bits per heavy atom. The van der Waals surface area contributed by atoms with Crippen molar-refractivity contribution >= 4 is 29.0 Å². The highest BCUT2D eigenvalue weighted by molar-refractivity contribution is 5.98. The van der Waals surface area contributed by atoms with Gasteiger partial charge in [-0.3, -0.25) is 14.6 Å². The molecule has 102 valence electrons. The summed E-state index contributed by atoms with van der Waals surface area (Å²) in [6.45, 7) is 5.37. The summed E-state index contributed by atoms with van der Waals surface area (Å²) in [7, 11) is 0. The summed E-state index contributed by atoms with van der Waals surface area (Å²) in [5.41, 5.74) is 2.14. The Labute approximate surface area is 112 Å². The number of benzene rings is 1. The second-order valence-electron chi connectivity index (χ2n) is 4.06. The van der Waals surface area contributed by atoms with Crippen molar-refractivity contribution in [3.63, 3.8) is 0 Å². The Morgan fingerprint density at radius 1 is 1.21 bits per heavy atom. The fourth-order valence-corrected chi connectivity index (χ4v) is 1.50. The lowest BCUT2D eigenvalue weighted by Crippen LogP contribution is -2.08. The number of ether oxygens (including phenoxy) is 1. The van der Waals surface area contributed by atoms with Gasteiger partial charge in [-0.15, -0.1) is 0 Å². The Hall–Kier alpha value is -2.17. The number of esters is 1. The van der Waals surface area contributed by atoms with Crippen molar-refractivity contribution in [1.82, 2.24) is 0 Å². The van der Waals surface area contributed by atoms with E-state index in [0.29, 0.717) is 12.3 Å².